The molecule has 0 aliphatic carbocycles. The Bertz CT molecular complexity index is 1830. The largest absolute Gasteiger partial charge is 0.497 e. The Labute approximate surface area is 244 Å². The number of thiazole rings is 1. The number of carboxylic acids is 1. The van der Waals surface area contributed by atoms with E-state index in [4.69, 9.17) is 21.3 Å². The molecule has 0 spiro atoms. The van der Waals surface area contributed by atoms with Crippen LogP contribution in [0.1, 0.15) is 38.0 Å². The molecule has 0 saturated carbocycles. The maximum atomic E-state index is 11.9. The molecular weight excluding hydrogens is 560 g/mol. The molecule has 0 saturated heterocycles. The van der Waals surface area contributed by atoms with Crippen LogP contribution in [0.15, 0.2) is 60.7 Å². The molecule has 6 rings (SSSR count). The number of aromatic carboxylic acids is 1. The Kier molecular flexibility index (Phi) is 7.67. The summed E-state index contributed by atoms with van der Waals surface area (Å²) in [6.45, 7) is 0.635. The van der Waals surface area contributed by atoms with Gasteiger partial charge in [0, 0.05) is 41.0 Å². The van der Waals surface area contributed by atoms with E-state index in [1.807, 2.05) is 48.5 Å². The quantitative estimate of drug-likeness (QED) is 0.193. The standard InChI is InChI=1S/C30H27ClN6O3S/c1-40-21-8-10-24-27(17-21)41-29(32-24)13-12-25-22(9-4-18-2-6-20(31)7-3-18)23-16-19(30(38)39)5-11-26(23)37(25)15-14-28-33-35-36-34-28/h2-3,5-8,10-11,16-17H,4,9,12-15H2,1H3,(H,38,39)(H,33,34,35,36). The smallest absolute Gasteiger partial charge is 0.335 e. The molecule has 0 aliphatic rings. The van der Waals surface area contributed by atoms with Crippen LogP contribution in [0.3, 0.4) is 0 Å². The Balaban J connectivity index is 1.40. The summed E-state index contributed by atoms with van der Waals surface area (Å²) in [5, 5.41) is 27.0. The normalized spacial score (nSPS) is 11.5. The molecule has 0 atom stereocenters. The summed E-state index contributed by atoms with van der Waals surface area (Å²) >= 11 is 7.79. The number of tetrazole rings is 1. The molecule has 6 aromatic rings. The minimum Gasteiger partial charge on any atom is -0.497 e. The Hall–Kier alpha value is -4.28. The highest BCUT2D eigenvalue weighted by atomic mass is 35.5. The first-order valence-electron chi connectivity index (χ1n) is 13.3. The molecule has 0 unspecified atom stereocenters. The molecule has 208 valence electrons. The lowest BCUT2D eigenvalue weighted by Crippen LogP contribution is -2.09. The summed E-state index contributed by atoms with van der Waals surface area (Å²) in [6.07, 6.45) is 3.64. The fourth-order valence-electron chi connectivity index (χ4n) is 5.26. The predicted octanol–water partition coefficient (Wildman–Crippen LogP) is 5.94. The van der Waals surface area contributed by atoms with Gasteiger partial charge in [0.05, 0.1) is 27.9 Å². The lowest BCUT2D eigenvalue weighted by atomic mass is 9.99. The van der Waals surface area contributed by atoms with Crippen molar-refractivity contribution in [1.29, 1.82) is 0 Å². The highest BCUT2D eigenvalue weighted by Gasteiger charge is 2.20. The van der Waals surface area contributed by atoms with E-state index in [9.17, 15) is 9.90 Å². The number of hydrogen-bond acceptors (Lipinski definition) is 7. The number of hydrogen-bond donors (Lipinski definition) is 2. The number of aromatic amines is 1. The highest BCUT2D eigenvalue weighted by Crippen LogP contribution is 2.32. The number of nitrogens with zero attached hydrogens (tertiary/aromatic N) is 5. The first-order valence-corrected chi connectivity index (χ1v) is 14.5. The molecule has 0 aliphatic heterocycles. The summed E-state index contributed by atoms with van der Waals surface area (Å²) in [6, 6.07) is 19.2. The number of ether oxygens (including phenoxy) is 1. The molecule has 3 heterocycles. The second-order valence-electron chi connectivity index (χ2n) is 9.76. The van der Waals surface area contributed by atoms with E-state index in [0.29, 0.717) is 23.8 Å². The van der Waals surface area contributed by atoms with Crippen molar-refractivity contribution in [1.82, 2.24) is 30.2 Å². The number of methoxy groups -OCH3 is 1. The van der Waals surface area contributed by atoms with Crippen molar-refractivity contribution < 1.29 is 14.6 Å². The lowest BCUT2D eigenvalue weighted by Gasteiger charge is -2.12. The summed E-state index contributed by atoms with van der Waals surface area (Å²) in [4.78, 5) is 16.8. The van der Waals surface area contributed by atoms with Gasteiger partial charge >= 0.3 is 5.97 Å². The number of H-pyrrole nitrogens is 1. The number of benzene rings is 3. The van der Waals surface area contributed by atoms with Crippen LogP contribution < -0.4 is 4.74 Å². The third-order valence-corrected chi connectivity index (χ3v) is 8.60. The lowest BCUT2D eigenvalue weighted by molar-refractivity contribution is 0.0697. The van der Waals surface area contributed by atoms with E-state index in [1.165, 1.54) is 5.56 Å². The van der Waals surface area contributed by atoms with Gasteiger partial charge in [-0.25, -0.2) is 9.78 Å². The molecule has 0 amide bonds. The maximum Gasteiger partial charge on any atom is 0.335 e. The molecule has 2 N–H and O–H groups in total. The monoisotopic (exact) mass is 586 g/mol. The highest BCUT2D eigenvalue weighted by molar-refractivity contribution is 7.18. The minimum absolute atomic E-state index is 0.271. The number of fused-ring (bicyclic) bond motifs is 2. The Morgan fingerprint density at radius 1 is 1.02 bits per heavy atom. The van der Waals surface area contributed by atoms with Gasteiger partial charge in [0.25, 0.3) is 0 Å². The molecule has 41 heavy (non-hydrogen) atoms. The molecule has 0 fully saturated rings. The average molecular weight is 587 g/mol. The van der Waals surface area contributed by atoms with Crippen molar-refractivity contribution >= 4 is 50.0 Å². The van der Waals surface area contributed by atoms with E-state index < -0.39 is 5.97 Å². The zero-order valence-electron chi connectivity index (χ0n) is 22.3. The molecule has 11 heteroatoms. The van der Waals surface area contributed by atoms with E-state index in [-0.39, 0.29) is 5.56 Å². The van der Waals surface area contributed by atoms with E-state index >= 15 is 0 Å². The topological polar surface area (TPSA) is 119 Å². The minimum atomic E-state index is -0.943. The van der Waals surface area contributed by atoms with Crippen LogP contribution in [-0.4, -0.2) is 48.4 Å². The summed E-state index contributed by atoms with van der Waals surface area (Å²) in [5.74, 6) is 0.498. The number of carboxylic acid groups (broad SMARTS) is 1. The number of aryl methyl sites for hydroxylation is 5. The third kappa shape index (κ3) is 5.79. The zero-order chi connectivity index (χ0) is 28.3. The average Bonchev–Trinajstić information content (AvgIpc) is 3.71. The van der Waals surface area contributed by atoms with Gasteiger partial charge in [-0.3, -0.25) is 0 Å². The van der Waals surface area contributed by atoms with Crippen LogP contribution in [0.4, 0.5) is 0 Å². The first kappa shape index (κ1) is 26.9. The van der Waals surface area contributed by atoms with Gasteiger partial charge in [-0.2, -0.15) is 5.21 Å². The predicted molar refractivity (Wildman–Crippen MR) is 159 cm³/mol. The summed E-state index contributed by atoms with van der Waals surface area (Å²) in [7, 11) is 1.66. The van der Waals surface area contributed by atoms with Gasteiger partial charge < -0.3 is 14.4 Å². The van der Waals surface area contributed by atoms with Crippen molar-refractivity contribution in [3.8, 4) is 5.75 Å². The van der Waals surface area contributed by atoms with E-state index in [0.717, 1.165) is 68.8 Å². The Morgan fingerprint density at radius 3 is 2.63 bits per heavy atom. The van der Waals surface area contributed by atoms with Crippen LogP contribution in [0.2, 0.25) is 5.02 Å². The SMILES string of the molecule is COc1ccc2nc(CCc3c(CCc4ccc(Cl)cc4)c4cc(C(=O)O)ccc4n3CCc3nn[nH]n3)sc2c1. The van der Waals surface area contributed by atoms with Crippen molar-refractivity contribution in [2.24, 2.45) is 0 Å². The van der Waals surface area contributed by atoms with Crippen molar-refractivity contribution in [3.63, 3.8) is 0 Å². The number of rotatable bonds is 11. The maximum absolute atomic E-state index is 11.9. The molecule has 3 aromatic carbocycles. The fourth-order valence-corrected chi connectivity index (χ4v) is 6.38. The van der Waals surface area contributed by atoms with Crippen molar-refractivity contribution in [3.05, 3.63) is 98.9 Å². The van der Waals surface area contributed by atoms with E-state index in [1.54, 1.807) is 30.6 Å². The number of aromatic nitrogens is 6. The van der Waals surface area contributed by atoms with Gasteiger partial charge in [-0.05, 0) is 78.9 Å². The molecule has 0 radical (unpaired) electrons. The third-order valence-electron chi connectivity index (χ3n) is 7.27. The molecular formula is C30H27ClN6O3S. The van der Waals surface area contributed by atoms with Crippen LogP contribution in [0, 0.1) is 0 Å². The zero-order valence-corrected chi connectivity index (χ0v) is 23.9. The summed E-state index contributed by atoms with van der Waals surface area (Å²) < 4.78 is 8.76. The van der Waals surface area contributed by atoms with Crippen LogP contribution in [0.5, 0.6) is 5.75 Å². The second kappa shape index (κ2) is 11.7. The van der Waals surface area contributed by atoms with Gasteiger partial charge in [0.2, 0.25) is 0 Å². The second-order valence-corrected chi connectivity index (χ2v) is 11.3. The molecule has 9 nitrogen and oxygen atoms in total. The number of nitrogens with one attached hydrogen (secondary N) is 1. The van der Waals surface area contributed by atoms with Gasteiger partial charge in [-0.1, -0.05) is 28.9 Å². The van der Waals surface area contributed by atoms with Crippen molar-refractivity contribution in [2.45, 2.75) is 38.6 Å². The summed E-state index contributed by atoms with van der Waals surface area (Å²) in [5.41, 5.74) is 5.70. The van der Waals surface area contributed by atoms with E-state index in [2.05, 4.69) is 25.2 Å². The first-order chi connectivity index (χ1) is 20.0. The Morgan fingerprint density at radius 2 is 1.88 bits per heavy atom. The van der Waals surface area contributed by atoms with Crippen molar-refractivity contribution in [2.75, 3.05) is 7.11 Å². The number of carbonyl (C=O) groups is 1. The van der Waals surface area contributed by atoms with Gasteiger partial charge in [-0.15, -0.1) is 21.5 Å². The van der Waals surface area contributed by atoms with Gasteiger partial charge in [0.15, 0.2) is 5.82 Å². The van der Waals surface area contributed by atoms with Crippen LogP contribution in [0.25, 0.3) is 21.1 Å². The molecule has 3 aromatic heterocycles. The van der Waals surface area contributed by atoms with Gasteiger partial charge in [0.1, 0.15) is 5.75 Å². The molecule has 0 bridgehead atoms. The fraction of sp³-hybridized carbons (Fsp3) is 0.233. The number of halogens is 1. The van der Waals surface area contributed by atoms with Crippen LogP contribution >= 0.6 is 22.9 Å². The van der Waals surface area contributed by atoms with Crippen LogP contribution in [-0.2, 0) is 38.6 Å².